The molecule has 2 rings (SSSR count). The Morgan fingerprint density at radius 3 is 2.29 bits per heavy atom. The molecule has 0 N–H and O–H groups in total. The van der Waals surface area contributed by atoms with Gasteiger partial charge in [0.15, 0.2) is 0 Å². The second kappa shape index (κ2) is 6.64. The fourth-order valence-corrected chi connectivity index (χ4v) is 2.26. The molecule has 0 saturated heterocycles. The van der Waals surface area contributed by atoms with Crippen LogP contribution in [0.2, 0.25) is 5.02 Å². The highest BCUT2D eigenvalue weighted by Gasteiger charge is 2.09. The number of ether oxygens (including phenoxy) is 2. The lowest BCUT2D eigenvalue weighted by atomic mass is 10.0. The molecule has 2 aromatic carbocycles. The van der Waals surface area contributed by atoms with Crippen molar-refractivity contribution in [3.05, 3.63) is 53.1 Å². The molecule has 0 aliphatic rings. The van der Waals surface area contributed by atoms with E-state index >= 15 is 0 Å². The summed E-state index contributed by atoms with van der Waals surface area (Å²) in [4.78, 5) is 11.4. The summed E-state index contributed by atoms with van der Waals surface area (Å²) in [5.74, 6) is 0.387. The Kier molecular flexibility index (Phi) is 4.86. The van der Waals surface area contributed by atoms with Crippen LogP contribution in [0.15, 0.2) is 42.5 Å². The average Bonchev–Trinajstić information content (AvgIpc) is 2.46. The first-order valence-corrected chi connectivity index (χ1v) is 7.04. The van der Waals surface area contributed by atoms with E-state index in [2.05, 4.69) is 4.74 Å². The third kappa shape index (κ3) is 3.76. The summed E-state index contributed by atoms with van der Waals surface area (Å²) in [6.07, 6.45) is 0.103. The standard InChI is InChI=1S/C17H17ClO3/c1-11(2)21-14-8-9-15(16(18)10-14)12-4-6-13(7-5-12)17(19)20-3/h4-11H,1-3H3. The second-order valence-electron chi connectivity index (χ2n) is 4.88. The molecule has 0 bridgehead atoms. The summed E-state index contributed by atoms with van der Waals surface area (Å²) in [6.45, 7) is 3.93. The third-order valence-electron chi connectivity index (χ3n) is 2.93. The highest BCUT2D eigenvalue weighted by Crippen LogP contribution is 2.31. The molecule has 0 aromatic heterocycles. The van der Waals surface area contributed by atoms with Gasteiger partial charge < -0.3 is 9.47 Å². The summed E-state index contributed by atoms with van der Waals surface area (Å²) >= 11 is 6.31. The lowest BCUT2D eigenvalue weighted by molar-refractivity contribution is 0.0601. The van der Waals surface area contributed by atoms with E-state index in [0.717, 1.165) is 16.9 Å². The molecule has 0 fully saturated rings. The number of carbonyl (C=O) groups excluding carboxylic acids is 1. The van der Waals surface area contributed by atoms with E-state index in [1.54, 1.807) is 18.2 Å². The predicted molar refractivity (Wildman–Crippen MR) is 84.0 cm³/mol. The minimum absolute atomic E-state index is 0.103. The summed E-state index contributed by atoms with van der Waals surface area (Å²) < 4.78 is 10.3. The zero-order valence-electron chi connectivity index (χ0n) is 12.2. The van der Waals surface area contributed by atoms with Crippen molar-refractivity contribution in [2.75, 3.05) is 7.11 Å². The van der Waals surface area contributed by atoms with E-state index in [1.165, 1.54) is 7.11 Å². The van der Waals surface area contributed by atoms with E-state index < -0.39 is 0 Å². The molecule has 0 aliphatic carbocycles. The molecule has 0 heterocycles. The quantitative estimate of drug-likeness (QED) is 0.776. The average molecular weight is 305 g/mol. The summed E-state index contributed by atoms with van der Waals surface area (Å²) in [5.41, 5.74) is 2.34. The highest BCUT2D eigenvalue weighted by atomic mass is 35.5. The maximum absolute atomic E-state index is 11.4. The van der Waals surface area contributed by atoms with Crippen molar-refractivity contribution in [2.24, 2.45) is 0 Å². The van der Waals surface area contributed by atoms with Crippen LogP contribution in [-0.4, -0.2) is 19.2 Å². The smallest absolute Gasteiger partial charge is 0.337 e. The van der Waals surface area contributed by atoms with E-state index in [-0.39, 0.29) is 12.1 Å². The Labute approximate surface area is 129 Å². The molecule has 0 aliphatic heterocycles. The van der Waals surface area contributed by atoms with Gasteiger partial charge in [0, 0.05) is 5.56 Å². The van der Waals surface area contributed by atoms with Crippen LogP contribution in [0.25, 0.3) is 11.1 Å². The number of carbonyl (C=O) groups is 1. The second-order valence-corrected chi connectivity index (χ2v) is 5.28. The number of hydrogen-bond acceptors (Lipinski definition) is 3. The molecule has 0 spiro atoms. The van der Waals surface area contributed by atoms with Gasteiger partial charge in [0.1, 0.15) is 5.75 Å². The van der Waals surface area contributed by atoms with Gasteiger partial charge in [-0.3, -0.25) is 0 Å². The van der Waals surface area contributed by atoms with Gasteiger partial charge in [-0.25, -0.2) is 4.79 Å². The number of benzene rings is 2. The van der Waals surface area contributed by atoms with E-state index in [1.807, 2.05) is 38.1 Å². The van der Waals surface area contributed by atoms with Crippen LogP contribution < -0.4 is 4.74 Å². The van der Waals surface area contributed by atoms with Gasteiger partial charge >= 0.3 is 5.97 Å². The monoisotopic (exact) mass is 304 g/mol. The van der Waals surface area contributed by atoms with Crippen molar-refractivity contribution < 1.29 is 14.3 Å². The van der Waals surface area contributed by atoms with E-state index in [0.29, 0.717) is 10.6 Å². The lowest BCUT2D eigenvalue weighted by Gasteiger charge is -2.12. The first kappa shape index (κ1) is 15.4. The van der Waals surface area contributed by atoms with Crippen LogP contribution in [0.1, 0.15) is 24.2 Å². The van der Waals surface area contributed by atoms with Gasteiger partial charge in [0.05, 0.1) is 23.8 Å². The number of esters is 1. The third-order valence-corrected chi connectivity index (χ3v) is 3.24. The van der Waals surface area contributed by atoms with Gasteiger partial charge in [-0.1, -0.05) is 23.7 Å². The molecule has 0 unspecified atom stereocenters. The van der Waals surface area contributed by atoms with E-state index in [9.17, 15) is 4.79 Å². The molecular formula is C17H17ClO3. The molecule has 0 amide bonds. The molecule has 4 heteroatoms. The molecule has 2 aromatic rings. The molecule has 110 valence electrons. The van der Waals surface area contributed by atoms with Crippen LogP contribution >= 0.6 is 11.6 Å². The Balaban J connectivity index is 2.27. The predicted octanol–water partition coefficient (Wildman–Crippen LogP) is 4.58. The van der Waals surface area contributed by atoms with Gasteiger partial charge in [0.25, 0.3) is 0 Å². The van der Waals surface area contributed by atoms with Crippen LogP contribution in [0, 0.1) is 0 Å². The summed E-state index contributed by atoms with van der Waals surface area (Å²) in [7, 11) is 1.36. The minimum Gasteiger partial charge on any atom is -0.491 e. The zero-order valence-corrected chi connectivity index (χ0v) is 13.0. The SMILES string of the molecule is COC(=O)c1ccc(-c2ccc(OC(C)C)cc2Cl)cc1. The number of hydrogen-bond donors (Lipinski definition) is 0. The molecule has 0 saturated carbocycles. The zero-order chi connectivity index (χ0) is 15.4. The first-order valence-electron chi connectivity index (χ1n) is 6.66. The summed E-state index contributed by atoms with van der Waals surface area (Å²) in [5, 5.41) is 0.610. The highest BCUT2D eigenvalue weighted by molar-refractivity contribution is 6.33. The van der Waals surface area contributed by atoms with Gasteiger partial charge in [0.2, 0.25) is 0 Å². The molecule has 0 atom stereocenters. The van der Waals surface area contributed by atoms with Gasteiger partial charge in [-0.15, -0.1) is 0 Å². The fraction of sp³-hybridized carbons (Fsp3) is 0.235. The van der Waals surface area contributed by atoms with Crippen molar-refractivity contribution in [2.45, 2.75) is 20.0 Å². The van der Waals surface area contributed by atoms with Crippen molar-refractivity contribution >= 4 is 17.6 Å². The number of methoxy groups -OCH3 is 1. The number of rotatable bonds is 4. The summed E-state index contributed by atoms with van der Waals surface area (Å²) in [6, 6.07) is 12.7. The van der Waals surface area contributed by atoms with Crippen LogP contribution in [0.4, 0.5) is 0 Å². The fourth-order valence-electron chi connectivity index (χ4n) is 1.98. The number of halogens is 1. The Morgan fingerprint density at radius 1 is 1.10 bits per heavy atom. The normalized spacial score (nSPS) is 10.5. The maximum Gasteiger partial charge on any atom is 0.337 e. The van der Waals surface area contributed by atoms with Crippen molar-refractivity contribution in [1.82, 2.24) is 0 Å². The molecule has 21 heavy (non-hydrogen) atoms. The topological polar surface area (TPSA) is 35.5 Å². The Hall–Kier alpha value is -2.00. The Bertz CT molecular complexity index is 633. The maximum atomic E-state index is 11.4. The van der Waals surface area contributed by atoms with Crippen molar-refractivity contribution in [3.8, 4) is 16.9 Å². The Morgan fingerprint density at radius 2 is 1.76 bits per heavy atom. The van der Waals surface area contributed by atoms with E-state index in [4.69, 9.17) is 16.3 Å². The van der Waals surface area contributed by atoms with Crippen LogP contribution in [0.5, 0.6) is 5.75 Å². The van der Waals surface area contributed by atoms with Crippen molar-refractivity contribution in [3.63, 3.8) is 0 Å². The van der Waals surface area contributed by atoms with Crippen molar-refractivity contribution in [1.29, 1.82) is 0 Å². The first-order chi connectivity index (χ1) is 10.0. The van der Waals surface area contributed by atoms with Crippen LogP contribution in [-0.2, 0) is 4.74 Å². The van der Waals surface area contributed by atoms with Gasteiger partial charge in [-0.2, -0.15) is 0 Å². The molecule has 0 radical (unpaired) electrons. The molecular weight excluding hydrogens is 288 g/mol. The van der Waals surface area contributed by atoms with Crippen LogP contribution in [0.3, 0.4) is 0 Å². The minimum atomic E-state index is -0.353. The van der Waals surface area contributed by atoms with Gasteiger partial charge in [-0.05, 0) is 49.7 Å². The largest absolute Gasteiger partial charge is 0.491 e. The molecule has 3 nitrogen and oxygen atoms in total. The lowest BCUT2D eigenvalue weighted by Crippen LogP contribution is -2.05.